The molecule has 1 aromatic rings. The van der Waals surface area contributed by atoms with Crippen LogP contribution in [0, 0.1) is 0 Å². The number of halogens is 3. The fourth-order valence-corrected chi connectivity index (χ4v) is 0.757. The van der Waals surface area contributed by atoms with Crippen molar-refractivity contribution in [2.24, 2.45) is 5.73 Å². The average Bonchev–Trinajstić information content (AvgIpc) is 2.18. The van der Waals surface area contributed by atoms with Crippen molar-refractivity contribution in [2.75, 3.05) is 0 Å². The van der Waals surface area contributed by atoms with Gasteiger partial charge in [-0.25, -0.2) is 4.79 Å². The molecule has 0 aliphatic carbocycles. The maximum absolute atomic E-state index is 10.6. The molecule has 0 amide bonds. The number of nitrogens with two attached hydrogens (primary N) is 1. The number of hydrogen-bond donors (Lipinski definition) is 2. The topological polar surface area (TPSA) is 63.3 Å². The van der Waals surface area contributed by atoms with Crippen molar-refractivity contribution in [2.45, 2.75) is 19.1 Å². The van der Waals surface area contributed by atoms with Crippen molar-refractivity contribution < 1.29 is 23.1 Å². The van der Waals surface area contributed by atoms with Crippen LogP contribution in [0.5, 0.6) is 0 Å². The average molecular weight is 235 g/mol. The Morgan fingerprint density at radius 2 is 1.69 bits per heavy atom. The Balaban J connectivity index is 0.000000293. The van der Waals surface area contributed by atoms with E-state index in [0.717, 1.165) is 0 Å². The molecule has 1 rings (SSSR count). The SMILES string of the molecule is C[C@@H](N)c1ccccc1.O=C(O)C(F)(F)F. The maximum Gasteiger partial charge on any atom is 0.490 e. The van der Waals surface area contributed by atoms with Gasteiger partial charge in [0.25, 0.3) is 0 Å². The summed E-state index contributed by atoms with van der Waals surface area (Å²) in [7, 11) is 0. The van der Waals surface area contributed by atoms with Gasteiger partial charge in [-0.15, -0.1) is 0 Å². The lowest BCUT2D eigenvalue weighted by atomic mass is 10.1. The van der Waals surface area contributed by atoms with Gasteiger partial charge in [-0.3, -0.25) is 0 Å². The quantitative estimate of drug-likeness (QED) is 0.785. The fourth-order valence-electron chi connectivity index (χ4n) is 0.757. The van der Waals surface area contributed by atoms with E-state index < -0.39 is 12.1 Å². The largest absolute Gasteiger partial charge is 0.490 e. The summed E-state index contributed by atoms with van der Waals surface area (Å²) in [5, 5.41) is 7.12. The van der Waals surface area contributed by atoms with Crippen LogP contribution in [0.1, 0.15) is 18.5 Å². The molecule has 0 aliphatic rings. The molecule has 6 heteroatoms. The summed E-state index contributed by atoms with van der Waals surface area (Å²) >= 11 is 0. The van der Waals surface area contributed by atoms with E-state index >= 15 is 0 Å². The van der Waals surface area contributed by atoms with E-state index in [2.05, 4.69) is 0 Å². The van der Waals surface area contributed by atoms with Crippen molar-refractivity contribution >= 4 is 5.97 Å². The number of carboxylic acid groups (broad SMARTS) is 1. The van der Waals surface area contributed by atoms with Crippen LogP contribution in [0.15, 0.2) is 30.3 Å². The zero-order valence-electron chi connectivity index (χ0n) is 8.53. The molecule has 0 aliphatic heterocycles. The molecule has 0 spiro atoms. The third-order valence-electron chi connectivity index (χ3n) is 1.57. The minimum absolute atomic E-state index is 0.159. The predicted molar refractivity (Wildman–Crippen MR) is 52.7 cm³/mol. The molecule has 0 unspecified atom stereocenters. The number of alkyl halides is 3. The monoisotopic (exact) mass is 235 g/mol. The molecule has 3 N–H and O–H groups in total. The summed E-state index contributed by atoms with van der Waals surface area (Å²) in [6.45, 7) is 1.98. The number of hydrogen-bond acceptors (Lipinski definition) is 2. The normalized spacial score (nSPS) is 12.3. The second kappa shape index (κ2) is 6.12. The van der Waals surface area contributed by atoms with Gasteiger partial charge in [0.05, 0.1) is 0 Å². The zero-order chi connectivity index (χ0) is 12.8. The van der Waals surface area contributed by atoms with Gasteiger partial charge in [0.2, 0.25) is 0 Å². The second-order valence-corrected chi connectivity index (χ2v) is 3.00. The van der Waals surface area contributed by atoms with Crippen LogP contribution in [-0.2, 0) is 4.79 Å². The molecule has 0 heterocycles. The Morgan fingerprint density at radius 3 is 1.88 bits per heavy atom. The Hall–Kier alpha value is -1.56. The smallest absolute Gasteiger partial charge is 0.475 e. The number of carbonyl (C=O) groups is 1. The molecule has 90 valence electrons. The summed E-state index contributed by atoms with van der Waals surface area (Å²) in [5.41, 5.74) is 6.81. The van der Waals surface area contributed by atoms with Gasteiger partial charge in [-0.2, -0.15) is 13.2 Å². The van der Waals surface area contributed by atoms with Crippen LogP contribution in [0.4, 0.5) is 13.2 Å². The lowest BCUT2D eigenvalue weighted by Gasteiger charge is -2.02. The Labute approximate surface area is 90.7 Å². The Kier molecular flexibility index (Phi) is 5.52. The summed E-state index contributed by atoms with van der Waals surface area (Å²) in [4.78, 5) is 8.90. The first kappa shape index (κ1) is 14.4. The molecule has 16 heavy (non-hydrogen) atoms. The third kappa shape index (κ3) is 6.02. The molecule has 1 atom stereocenters. The standard InChI is InChI=1S/C8H11N.C2HF3O2/c1-7(9)8-5-3-2-4-6-8;3-2(4,5)1(6)7/h2-7H,9H2,1H3;(H,6,7)/t7-;/m1./s1. The molecule has 3 nitrogen and oxygen atoms in total. The summed E-state index contributed by atoms with van der Waals surface area (Å²) in [5.74, 6) is -2.76. The maximum atomic E-state index is 10.6. The van der Waals surface area contributed by atoms with Crippen LogP contribution in [0.3, 0.4) is 0 Å². The van der Waals surface area contributed by atoms with E-state index in [1.54, 1.807) is 0 Å². The molecule has 0 bridgehead atoms. The van der Waals surface area contributed by atoms with E-state index in [1.165, 1.54) is 5.56 Å². The number of rotatable bonds is 1. The zero-order valence-corrected chi connectivity index (χ0v) is 8.53. The highest BCUT2D eigenvalue weighted by molar-refractivity contribution is 5.73. The van der Waals surface area contributed by atoms with Gasteiger partial charge >= 0.3 is 12.1 Å². The van der Waals surface area contributed by atoms with Crippen LogP contribution in [0.2, 0.25) is 0 Å². The van der Waals surface area contributed by atoms with Gasteiger partial charge < -0.3 is 10.8 Å². The molecule has 0 radical (unpaired) electrons. The van der Waals surface area contributed by atoms with E-state index in [0.29, 0.717) is 0 Å². The van der Waals surface area contributed by atoms with Crippen LogP contribution in [-0.4, -0.2) is 17.3 Å². The fraction of sp³-hybridized carbons (Fsp3) is 0.300. The van der Waals surface area contributed by atoms with Crippen molar-refractivity contribution in [3.05, 3.63) is 35.9 Å². The van der Waals surface area contributed by atoms with E-state index in [-0.39, 0.29) is 6.04 Å². The highest BCUT2D eigenvalue weighted by Gasteiger charge is 2.38. The van der Waals surface area contributed by atoms with Gasteiger partial charge in [0, 0.05) is 6.04 Å². The first-order chi connectivity index (χ1) is 7.25. The van der Waals surface area contributed by atoms with Crippen molar-refractivity contribution in [1.29, 1.82) is 0 Å². The lowest BCUT2D eigenvalue weighted by molar-refractivity contribution is -0.192. The highest BCUT2D eigenvalue weighted by atomic mass is 19.4. The van der Waals surface area contributed by atoms with Crippen molar-refractivity contribution in [3.8, 4) is 0 Å². The van der Waals surface area contributed by atoms with E-state index in [4.69, 9.17) is 15.6 Å². The van der Waals surface area contributed by atoms with E-state index in [9.17, 15) is 13.2 Å². The predicted octanol–water partition coefficient (Wildman–Crippen LogP) is 2.34. The van der Waals surface area contributed by atoms with Gasteiger partial charge in [-0.05, 0) is 12.5 Å². The minimum atomic E-state index is -5.08. The summed E-state index contributed by atoms with van der Waals surface area (Å²) < 4.78 is 31.7. The van der Waals surface area contributed by atoms with E-state index in [1.807, 2.05) is 37.3 Å². The number of aliphatic carboxylic acids is 1. The summed E-state index contributed by atoms with van der Waals surface area (Å²) in [6, 6.07) is 10.2. The third-order valence-corrected chi connectivity index (χ3v) is 1.57. The molecule has 0 saturated heterocycles. The second-order valence-electron chi connectivity index (χ2n) is 3.00. The molecular formula is C10H12F3NO2. The summed E-state index contributed by atoms with van der Waals surface area (Å²) in [6.07, 6.45) is -5.08. The van der Waals surface area contributed by atoms with Crippen LogP contribution in [0.25, 0.3) is 0 Å². The van der Waals surface area contributed by atoms with Crippen molar-refractivity contribution in [3.63, 3.8) is 0 Å². The minimum Gasteiger partial charge on any atom is -0.475 e. The van der Waals surface area contributed by atoms with Gasteiger partial charge in [0.1, 0.15) is 0 Å². The molecule has 0 saturated carbocycles. The highest BCUT2D eigenvalue weighted by Crippen LogP contribution is 2.13. The Morgan fingerprint density at radius 1 is 1.31 bits per heavy atom. The molecular weight excluding hydrogens is 223 g/mol. The molecule has 0 aromatic heterocycles. The van der Waals surface area contributed by atoms with Crippen LogP contribution < -0.4 is 5.73 Å². The molecule has 1 aromatic carbocycles. The lowest BCUT2D eigenvalue weighted by Crippen LogP contribution is -2.21. The van der Waals surface area contributed by atoms with Gasteiger partial charge in [-0.1, -0.05) is 30.3 Å². The first-order valence-electron chi connectivity index (χ1n) is 4.35. The molecule has 0 fully saturated rings. The Bertz CT molecular complexity index is 323. The van der Waals surface area contributed by atoms with Crippen molar-refractivity contribution in [1.82, 2.24) is 0 Å². The first-order valence-corrected chi connectivity index (χ1v) is 4.35. The number of carboxylic acids is 1. The van der Waals surface area contributed by atoms with Crippen LogP contribution >= 0.6 is 0 Å². The van der Waals surface area contributed by atoms with Gasteiger partial charge in [0.15, 0.2) is 0 Å². The number of benzene rings is 1.